The van der Waals surface area contributed by atoms with Gasteiger partial charge in [0.1, 0.15) is 18.5 Å². The average Bonchev–Trinajstić information content (AvgIpc) is 2.87. The first-order valence-corrected chi connectivity index (χ1v) is 13.8. The van der Waals surface area contributed by atoms with E-state index in [1.165, 1.54) is 36.2 Å². The molecule has 1 heterocycles. The number of likely N-dealkylation sites (tertiary alicyclic amines) is 1. The molecule has 0 aromatic heterocycles. The van der Waals surface area contributed by atoms with Crippen LogP contribution in [0.1, 0.15) is 50.8 Å². The number of nitrogens with one attached hydrogen (secondary N) is 2. The predicted molar refractivity (Wildman–Crippen MR) is 150 cm³/mol. The maximum atomic E-state index is 10.6. The van der Waals surface area contributed by atoms with Crippen LogP contribution < -0.4 is 15.4 Å². The minimum absolute atomic E-state index is 0.294. The normalized spacial score (nSPS) is 18.6. The highest BCUT2D eigenvalue weighted by Gasteiger charge is 2.38. The van der Waals surface area contributed by atoms with Gasteiger partial charge in [-0.05, 0) is 47.1 Å². The van der Waals surface area contributed by atoms with Crippen LogP contribution in [0.2, 0.25) is 0 Å². The Kier molecular flexibility index (Phi) is 13.9. The van der Waals surface area contributed by atoms with Crippen LogP contribution in [0.3, 0.4) is 0 Å². The molecule has 1 aliphatic rings. The number of carboxylic acids is 1. The van der Waals surface area contributed by atoms with Gasteiger partial charge in [-0.15, -0.1) is 0 Å². The second-order valence-electron chi connectivity index (χ2n) is 11.0. The molecule has 0 aliphatic carbocycles. The molecule has 224 valence electrons. The van der Waals surface area contributed by atoms with Crippen LogP contribution in [0.25, 0.3) is 0 Å². The third kappa shape index (κ3) is 13.1. The minimum Gasteiger partial charge on any atom is -0.491 e. The van der Waals surface area contributed by atoms with Gasteiger partial charge in [-0.25, -0.2) is 4.79 Å². The molecule has 7 nitrogen and oxygen atoms in total. The fourth-order valence-electron chi connectivity index (χ4n) is 4.71. The zero-order valence-corrected chi connectivity index (χ0v) is 23.9. The Labute approximate surface area is 235 Å². The fourth-order valence-corrected chi connectivity index (χ4v) is 4.71. The van der Waals surface area contributed by atoms with E-state index in [1.54, 1.807) is 0 Å². The van der Waals surface area contributed by atoms with Crippen molar-refractivity contribution in [3.05, 3.63) is 65.2 Å². The number of carboxylic acid groups (broad SMARTS) is 1. The van der Waals surface area contributed by atoms with Crippen molar-refractivity contribution in [2.24, 2.45) is 11.8 Å². The summed E-state index contributed by atoms with van der Waals surface area (Å²) < 4.78 is 37.5. The molecular weight excluding hydrogens is 523 g/mol. The molecule has 1 aliphatic heterocycles. The SMILES string of the molecule is CC1CC(C)CN(Cc2ccccc2CNCc2ccc(OCC(O)CNC(C)C)cc2)C1.O=C(O)C(F)(F)F. The van der Waals surface area contributed by atoms with Crippen LogP contribution >= 0.6 is 0 Å². The number of benzene rings is 2. The number of aliphatic hydroxyl groups excluding tert-OH is 1. The van der Waals surface area contributed by atoms with E-state index in [2.05, 4.69) is 79.6 Å². The zero-order chi connectivity index (χ0) is 29.7. The molecule has 1 saturated heterocycles. The summed E-state index contributed by atoms with van der Waals surface area (Å²) in [5.74, 6) is -0.401. The zero-order valence-electron chi connectivity index (χ0n) is 23.9. The number of hydrogen-bond acceptors (Lipinski definition) is 6. The molecule has 4 N–H and O–H groups in total. The summed E-state index contributed by atoms with van der Waals surface area (Å²) in [7, 11) is 0. The second-order valence-corrected chi connectivity index (χ2v) is 11.0. The van der Waals surface area contributed by atoms with Gasteiger partial charge in [-0.3, -0.25) is 4.90 Å². The van der Waals surface area contributed by atoms with Crippen LogP contribution in [0, 0.1) is 11.8 Å². The number of hydrogen-bond donors (Lipinski definition) is 4. The molecular formula is C30H44F3N3O4. The van der Waals surface area contributed by atoms with E-state index in [1.807, 2.05) is 12.1 Å². The fraction of sp³-hybridized carbons (Fsp3) is 0.567. The molecule has 3 atom stereocenters. The number of aliphatic carboxylic acids is 1. The molecule has 0 radical (unpaired) electrons. The van der Waals surface area contributed by atoms with Crippen LogP contribution in [0.5, 0.6) is 5.75 Å². The van der Waals surface area contributed by atoms with Crippen molar-refractivity contribution in [3.8, 4) is 5.75 Å². The molecule has 0 amide bonds. The maximum absolute atomic E-state index is 10.6. The molecule has 40 heavy (non-hydrogen) atoms. The highest BCUT2D eigenvalue weighted by molar-refractivity contribution is 5.73. The number of aliphatic hydroxyl groups is 1. The van der Waals surface area contributed by atoms with E-state index in [9.17, 15) is 18.3 Å². The summed E-state index contributed by atoms with van der Waals surface area (Å²) in [6.45, 7) is 14.8. The van der Waals surface area contributed by atoms with Crippen molar-refractivity contribution in [1.82, 2.24) is 15.5 Å². The topological polar surface area (TPSA) is 94.1 Å². The van der Waals surface area contributed by atoms with Gasteiger partial charge < -0.3 is 25.6 Å². The molecule has 10 heteroatoms. The van der Waals surface area contributed by atoms with Crippen molar-refractivity contribution >= 4 is 5.97 Å². The van der Waals surface area contributed by atoms with Crippen LogP contribution in [0.4, 0.5) is 13.2 Å². The van der Waals surface area contributed by atoms with Crippen LogP contribution in [-0.2, 0) is 24.4 Å². The Morgan fingerprint density at radius 2 is 1.60 bits per heavy atom. The van der Waals surface area contributed by atoms with E-state index < -0.39 is 18.2 Å². The van der Waals surface area contributed by atoms with Crippen molar-refractivity contribution < 1.29 is 32.9 Å². The van der Waals surface area contributed by atoms with Gasteiger partial charge in [0.2, 0.25) is 0 Å². The molecule has 2 aromatic carbocycles. The Hall–Kier alpha value is -2.66. The van der Waals surface area contributed by atoms with Crippen molar-refractivity contribution in [2.75, 3.05) is 26.2 Å². The third-order valence-electron chi connectivity index (χ3n) is 6.47. The molecule has 0 spiro atoms. The summed E-state index contributed by atoms with van der Waals surface area (Å²) in [6, 6.07) is 17.3. The molecule has 0 bridgehead atoms. The lowest BCUT2D eigenvalue weighted by Crippen LogP contribution is -2.38. The van der Waals surface area contributed by atoms with E-state index in [0.717, 1.165) is 37.2 Å². The smallest absolute Gasteiger partial charge is 0.490 e. The Balaban J connectivity index is 0.000000708. The monoisotopic (exact) mass is 567 g/mol. The number of alkyl halides is 3. The summed E-state index contributed by atoms with van der Waals surface area (Å²) in [6.07, 6.45) is -4.25. The Morgan fingerprint density at radius 1 is 1.02 bits per heavy atom. The highest BCUT2D eigenvalue weighted by Crippen LogP contribution is 2.23. The molecule has 3 rings (SSSR count). The van der Waals surface area contributed by atoms with Gasteiger partial charge >= 0.3 is 12.1 Å². The number of ether oxygens (including phenoxy) is 1. The first-order valence-electron chi connectivity index (χ1n) is 13.8. The van der Waals surface area contributed by atoms with Crippen LogP contribution in [0.15, 0.2) is 48.5 Å². The van der Waals surface area contributed by atoms with Gasteiger partial charge in [0.25, 0.3) is 0 Å². The average molecular weight is 568 g/mol. The molecule has 1 fully saturated rings. The number of piperidine rings is 1. The van der Waals surface area contributed by atoms with Gasteiger partial charge in [-0.1, -0.05) is 64.1 Å². The van der Waals surface area contributed by atoms with Crippen molar-refractivity contribution in [2.45, 2.75) is 72.1 Å². The molecule has 3 unspecified atom stereocenters. The third-order valence-corrected chi connectivity index (χ3v) is 6.47. The number of halogens is 3. The highest BCUT2D eigenvalue weighted by atomic mass is 19.4. The van der Waals surface area contributed by atoms with Gasteiger partial charge in [-0.2, -0.15) is 13.2 Å². The van der Waals surface area contributed by atoms with Crippen molar-refractivity contribution in [3.63, 3.8) is 0 Å². The summed E-state index contributed by atoms with van der Waals surface area (Å²) in [5, 5.41) is 23.9. The molecule has 2 aromatic rings. The van der Waals surface area contributed by atoms with E-state index >= 15 is 0 Å². The second kappa shape index (κ2) is 16.6. The summed E-state index contributed by atoms with van der Waals surface area (Å²) in [5.41, 5.74) is 4.04. The van der Waals surface area contributed by atoms with Gasteiger partial charge in [0, 0.05) is 45.3 Å². The first-order chi connectivity index (χ1) is 18.8. The first kappa shape index (κ1) is 33.5. The standard InChI is InChI=1S/C28H43N3O2.C2HF3O2/c1-21(2)30-16-27(32)20-33-28-11-9-24(10-12-28)14-29-15-25-7-5-6-8-26(25)19-31-17-22(3)13-23(4)18-31;3-2(4,5)1(6)7/h5-12,21-23,27,29-30,32H,13-20H2,1-4H3;(H,6,7). The predicted octanol–water partition coefficient (Wildman–Crippen LogP) is 4.83. The minimum atomic E-state index is -5.08. The Bertz CT molecular complexity index is 1010. The van der Waals surface area contributed by atoms with Gasteiger partial charge in [0.05, 0.1) is 0 Å². The van der Waals surface area contributed by atoms with Crippen molar-refractivity contribution in [1.29, 1.82) is 0 Å². The lowest BCUT2D eigenvalue weighted by Gasteiger charge is -2.35. The number of rotatable bonds is 12. The van der Waals surface area contributed by atoms with Gasteiger partial charge in [0.15, 0.2) is 0 Å². The van der Waals surface area contributed by atoms with Crippen LogP contribution in [-0.4, -0.2) is 65.6 Å². The maximum Gasteiger partial charge on any atom is 0.490 e. The lowest BCUT2D eigenvalue weighted by molar-refractivity contribution is -0.192. The van der Waals surface area contributed by atoms with E-state index in [4.69, 9.17) is 14.6 Å². The van der Waals surface area contributed by atoms with E-state index in [-0.39, 0.29) is 0 Å². The number of nitrogens with zero attached hydrogens (tertiary/aromatic N) is 1. The lowest BCUT2D eigenvalue weighted by atomic mass is 9.91. The summed E-state index contributed by atoms with van der Waals surface area (Å²) in [4.78, 5) is 11.5. The largest absolute Gasteiger partial charge is 0.491 e. The molecule has 0 saturated carbocycles. The van der Waals surface area contributed by atoms with E-state index in [0.29, 0.717) is 19.2 Å². The summed E-state index contributed by atoms with van der Waals surface area (Å²) >= 11 is 0. The Morgan fingerprint density at radius 3 is 2.15 bits per heavy atom. The number of carbonyl (C=O) groups is 1. The quantitative estimate of drug-likeness (QED) is 0.292.